The molecule has 6 N–H and O–H groups in total. The fourth-order valence-corrected chi connectivity index (χ4v) is 2.72. The van der Waals surface area contributed by atoms with Crippen LogP contribution in [0.25, 0.3) is 11.0 Å². The molecule has 32 heavy (non-hydrogen) atoms. The number of nitrogen functional groups attached to an aromatic ring is 1. The van der Waals surface area contributed by atoms with E-state index in [1.54, 1.807) is 12.1 Å². The van der Waals surface area contributed by atoms with E-state index in [0.717, 1.165) is 0 Å². The van der Waals surface area contributed by atoms with E-state index in [4.69, 9.17) is 15.9 Å². The van der Waals surface area contributed by atoms with Crippen molar-refractivity contribution in [3.63, 3.8) is 0 Å². The third-order valence-corrected chi connectivity index (χ3v) is 4.33. The number of aliphatic carboxylic acids is 2. The highest BCUT2D eigenvalue weighted by atomic mass is 16.4. The molecule has 0 saturated heterocycles. The van der Waals surface area contributed by atoms with Crippen molar-refractivity contribution < 1.29 is 24.6 Å². The number of carbonyl (C=O) groups excluding carboxylic acids is 1. The Bertz CT molecular complexity index is 1320. The minimum absolute atomic E-state index is 0.0329. The first kappa shape index (κ1) is 22.0. The monoisotopic (exact) mass is 435 g/mol. The van der Waals surface area contributed by atoms with Crippen molar-refractivity contribution in [1.29, 1.82) is 0 Å². The van der Waals surface area contributed by atoms with Gasteiger partial charge in [0.15, 0.2) is 5.65 Å². The summed E-state index contributed by atoms with van der Waals surface area (Å²) in [6.45, 7) is 0. The molecule has 1 aromatic carbocycles. The minimum atomic E-state index is -1.32. The summed E-state index contributed by atoms with van der Waals surface area (Å²) in [5.74, 6) is 2.59. The molecular weight excluding hydrogens is 418 g/mol. The van der Waals surface area contributed by atoms with Crippen molar-refractivity contribution in [1.82, 2.24) is 20.3 Å². The molecule has 11 nitrogen and oxygen atoms in total. The van der Waals surface area contributed by atoms with Gasteiger partial charge in [-0.3, -0.25) is 19.4 Å². The van der Waals surface area contributed by atoms with Gasteiger partial charge in [-0.2, -0.15) is 4.98 Å². The number of aromatic amines is 1. The summed E-state index contributed by atoms with van der Waals surface area (Å²) in [6, 6.07) is 6.28. The number of fused-ring (bicyclic) bond motifs is 1. The number of pyridine rings is 1. The van der Waals surface area contributed by atoms with Crippen molar-refractivity contribution in [3.05, 3.63) is 63.6 Å². The van der Waals surface area contributed by atoms with Crippen LogP contribution in [0.3, 0.4) is 0 Å². The van der Waals surface area contributed by atoms with Gasteiger partial charge < -0.3 is 21.3 Å². The molecule has 2 aromatic heterocycles. The Balaban J connectivity index is 1.72. The smallest absolute Gasteiger partial charge is 0.326 e. The van der Waals surface area contributed by atoms with Gasteiger partial charge in [0.25, 0.3) is 11.5 Å². The van der Waals surface area contributed by atoms with Crippen LogP contribution in [0.1, 0.15) is 34.3 Å². The van der Waals surface area contributed by atoms with Gasteiger partial charge in [0.2, 0.25) is 5.95 Å². The highest BCUT2D eigenvalue weighted by Crippen LogP contribution is 2.09. The number of nitrogens with one attached hydrogen (secondary N) is 2. The number of hydrogen-bond donors (Lipinski definition) is 5. The van der Waals surface area contributed by atoms with Crippen LogP contribution in [0.2, 0.25) is 0 Å². The zero-order chi connectivity index (χ0) is 23.3. The third kappa shape index (κ3) is 5.45. The van der Waals surface area contributed by atoms with Gasteiger partial charge >= 0.3 is 11.9 Å². The van der Waals surface area contributed by atoms with Crippen LogP contribution >= 0.6 is 0 Å². The Morgan fingerprint density at radius 1 is 1.12 bits per heavy atom. The van der Waals surface area contributed by atoms with E-state index in [0.29, 0.717) is 11.1 Å². The molecular formula is C21H17N5O6. The Morgan fingerprint density at radius 3 is 2.47 bits per heavy atom. The largest absolute Gasteiger partial charge is 0.481 e. The molecule has 3 aromatic rings. The first-order chi connectivity index (χ1) is 15.2. The predicted octanol–water partition coefficient (Wildman–Crippen LogP) is 0.348. The predicted molar refractivity (Wildman–Crippen MR) is 113 cm³/mol. The molecule has 2 heterocycles. The Labute approximate surface area is 180 Å². The van der Waals surface area contributed by atoms with Crippen LogP contribution in [-0.2, 0) is 9.59 Å². The van der Waals surface area contributed by atoms with Crippen LogP contribution in [0, 0.1) is 11.8 Å². The molecule has 162 valence electrons. The number of aromatic nitrogens is 3. The summed E-state index contributed by atoms with van der Waals surface area (Å²) < 4.78 is 0. The van der Waals surface area contributed by atoms with Crippen LogP contribution in [0.5, 0.6) is 0 Å². The Morgan fingerprint density at radius 2 is 1.81 bits per heavy atom. The van der Waals surface area contributed by atoms with Crippen molar-refractivity contribution in [2.24, 2.45) is 0 Å². The number of benzene rings is 1. The van der Waals surface area contributed by atoms with Gasteiger partial charge in [-0.25, -0.2) is 9.78 Å². The molecule has 1 amide bonds. The maximum Gasteiger partial charge on any atom is 0.326 e. The molecule has 3 rings (SSSR count). The van der Waals surface area contributed by atoms with Crippen LogP contribution in [-0.4, -0.2) is 49.1 Å². The van der Waals surface area contributed by atoms with Crippen LogP contribution in [0.15, 0.2) is 41.3 Å². The van der Waals surface area contributed by atoms with Gasteiger partial charge in [0.1, 0.15) is 6.04 Å². The maximum atomic E-state index is 12.3. The number of nitrogens with two attached hydrogens (primary N) is 1. The number of carboxylic acids is 2. The highest BCUT2D eigenvalue weighted by Gasteiger charge is 2.21. The zero-order valence-electron chi connectivity index (χ0n) is 16.5. The summed E-state index contributed by atoms with van der Waals surface area (Å²) in [5.41, 5.74) is 6.49. The normalized spacial score (nSPS) is 11.2. The molecule has 0 aliphatic rings. The number of anilines is 1. The number of nitrogens with zero attached hydrogens (tertiary/aromatic N) is 2. The number of amides is 1. The summed E-state index contributed by atoms with van der Waals surface area (Å²) >= 11 is 0. The fraction of sp³-hybridized carbons (Fsp3) is 0.143. The van der Waals surface area contributed by atoms with Crippen LogP contribution < -0.4 is 16.6 Å². The van der Waals surface area contributed by atoms with Gasteiger partial charge in [0.05, 0.1) is 5.39 Å². The number of rotatable bonds is 6. The summed E-state index contributed by atoms with van der Waals surface area (Å²) in [5, 5.41) is 20.4. The second-order valence-corrected chi connectivity index (χ2v) is 6.67. The van der Waals surface area contributed by atoms with Crippen molar-refractivity contribution in [2.75, 3.05) is 5.73 Å². The zero-order valence-corrected chi connectivity index (χ0v) is 16.5. The number of hydrogen-bond acceptors (Lipinski definition) is 7. The van der Waals surface area contributed by atoms with Crippen molar-refractivity contribution >= 4 is 34.8 Å². The van der Waals surface area contributed by atoms with E-state index in [1.165, 1.54) is 24.4 Å². The molecule has 1 atom stereocenters. The standard InChI is InChI=1S/C21H17N5O6/c22-21-25-17-14(19(30)26-21)9-12(10-23-17)2-1-11-3-5-13(6-4-11)18(29)24-15(20(31)32)7-8-16(27)28/h3-6,9-10,15H,7-8H2,(H,24,29)(H,27,28)(H,31,32)(H3,22,23,25,26,30)/t15-/m1/s1. The van der Waals surface area contributed by atoms with E-state index < -0.39 is 29.4 Å². The van der Waals surface area contributed by atoms with E-state index >= 15 is 0 Å². The molecule has 11 heteroatoms. The molecule has 0 aliphatic carbocycles. The highest BCUT2D eigenvalue weighted by molar-refractivity contribution is 5.96. The van der Waals surface area contributed by atoms with E-state index in [-0.39, 0.29) is 35.4 Å². The first-order valence-corrected chi connectivity index (χ1v) is 9.26. The van der Waals surface area contributed by atoms with Gasteiger partial charge in [-0.15, -0.1) is 0 Å². The second kappa shape index (κ2) is 9.40. The van der Waals surface area contributed by atoms with E-state index in [1.807, 2.05) is 0 Å². The molecule has 0 bridgehead atoms. The summed E-state index contributed by atoms with van der Waals surface area (Å²) in [4.78, 5) is 56.4. The number of carboxylic acid groups (broad SMARTS) is 2. The average Bonchev–Trinajstić information content (AvgIpc) is 2.75. The number of carbonyl (C=O) groups is 3. The minimum Gasteiger partial charge on any atom is -0.481 e. The Hall–Kier alpha value is -4.72. The van der Waals surface area contributed by atoms with Crippen molar-refractivity contribution in [3.8, 4) is 11.8 Å². The molecule has 0 unspecified atom stereocenters. The lowest BCUT2D eigenvalue weighted by molar-refractivity contribution is -0.140. The van der Waals surface area contributed by atoms with Crippen molar-refractivity contribution in [2.45, 2.75) is 18.9 Å². The lowest BCUT2D eigenvalue weighted by Gasteiger charge is -2.13. The molecule has 0 saturated carbocycles. The first-order valence-electron chi connectivity index (χ1n) is 9.26. The van der Waals surface area contributed by atoms with E-state index in [2.05, 4.69) is 32.1 Å². The summed E-state index contributed by atoms with van der Waals surface area (Å²) in [7, 11) is 0. The Kier molecular flexibility index (Phi) is 6.45. The SMILES string of the molecule is Nc1nc2ncc(C#Cc3ccc(C(=O)N[C@H](CCC(=O)O)C(=O)O)cc3)cc2c(=O)[nH]1. The fourth-order valence-electron chi connectivity index (χ4n) is 2.72. The topological polar surface area (TPSA) is 188 Å². The molecule has 0 fully saturated rings. The third-order valence-electron chi connectivity index (χ3n) is 4.33. The quantitative estimate of drug-likeness (QED) is 0.340. The average molecular weight is 435 g/mol. The lowest BCUT2D eigenvalue weighted by atomic mass is 10.1. The second-order valence-electron chi connectivity index (χ2n) is 6.67. The maximum absolute atomic E-state index is 12.3. The van der Waals surface area contributed by atoms with Gasteiger partial charge in [0, 0.05) is 29.3 Å². The van der Waals surface area contributed by atoms with Gasteiger partial charge in [-0.05, 0) is 36.8 Å². The molecule has 0 spiro atoms. The van der Waals surface area contributed by atoms with Crippen LogP contribution in [0.4, 0.5) is 5.95 Å². The molecule has 0 radical (unpaired) electrons. The van der Waals surface area contributed by atoms with E-state index in [9.17, 15) is 19.2 Å². The lowest BCUT2D eigenvalue weighted by Crippen LogP contribution is -2.41. The summed E-state index contributed by atoms with van der Waals surface area (Å²) in [6.07, 6.45) is 0.835. The molecule has 0 aliphatic heterocycles. The van der Waals surface area contributed by atoms with Gasteiger partial charge in [-0.1, -0.05) is 11.8 Å². The number of H-pyrrole nitrogens is 1.